The standard InChI is InChI=1S/C16H13N5O2S2/c1-23-12-5-3-2-4-11(12)21-9-17-20-16(21)25-8-13-18-10-6-7-24-14(10)15(22)19-13/h2-7,9H,8H2,1H3,(H,18,19,22). The second-order valence-corrected chi connectivity index (χ2v) is 6.95. The molecule has 4 rings (SSSR count). The number of H-pyrrole nitrogens is 1. The van der Waals surface area contributed by atoms with Gasteiger partial charge in [-0.15, -0.1) is 21.5 Å². The summed E-state index contributed by atoms with van der Waals surface area (Å²) in [5, 5.41) is 10.7. The summed E-state index contributed by atoms with van der Waals surface area (Å²) < 4.78 is 7.89. The summed E-state index contributed by atoms with van der Waals surface area (Å²) in [5.41, 5.74) is 1.46. The van der Waals surface area contributed by atoms with E-state index in [9.17, 15) is 4.79 Å². The van der Waals surface area contributed by atoms with Crippen LogP contribution in [0.25, 0.3) is 15.9 Å². The summed E-state index contributed by atoms with van der Waals surface area (Å²) in [6.45, 7) is 0. The van der Waals surface area contributed by atoms with E-state index in [0.717, 1.165) is 17.0 Å². The van der Waals surface area contributed by atoms with Gasteiger partial charge in [-0.2, -0.15) is 0 Å². The molecule has 0 aliphatic heterocycles. The molecule has 25 heavy (non-hydrogen) atoms. The highest BCUT2D eigenvalue weighted by Crippen LogP contribution is 2.27. The van der Waals surface area contributed by atoms with E-state index in [0.29, 0.717) is 21.4 Å². The number of thioether (sulfide) groups is 1. The van der Waals surface area contributed by atoms with Crippen molar-refractivity contribution in [2.75, 3.05) is 7.11 Å². The molecule has 3 aromatic heterocycles. The lowest BCUT2D eigenvalue weighted by molar-refractivity contribution is 0.412. The predicted octanol–water partition coefficient (Wildman–Crippen LogP) is 2.87. The molecule has 0 unspecified atom stereocenters. The average Bonchev–Trinajstić information content (AvgIpc) is 3.29. The van der Waals surface area contributed by atoms with Crippen molar-refractivity contribution >= 4 is 33.3 Å². The molecule has 0 spiro atoms. The molecular formula is C16H13N5O2S2. The molecule has 0 fully saturated rings. The smallest absolute Gasteiger partial charge is 0.268 e. The maximum Gasteiger partial charge on any atom is 0.268 e. The van der Waals surface area contributed by atoms with Crippen molar-refractivity contribution in [3.05, 3.63) is 58.2 Å². The first-order valence-corrected chi connectivity index (χ1v) is 9.25. The molecular weight excluding hydrogens is 358 g/mol. The van der Waals surface area contributed by atoms with Crippen LogP contribution in [0.5, 0.6) is 5.75 Å². The van der Waals surface area contributed by atoms with Gasteiger partial charge in [-0.1, -0.05) is 23.9 Å². The van der Waals surface area contributed by atoms with Crippen molar-refractivity contribution in [2.24, 2.45) is 0 Å². The van der Waals surface area contributed by atoms with E-state index in [1.807, 2.05) is 40.3 Å². The molecule has 0 saturated heterocycles. The summed E-state index contributed by atoms with van der Waals surface area (Å²) >= 11 is 2.83. The number of benzene rings is 1. The molecule has 126 valence electrons. The molecule has 0 aliphatic carbocycles. The Hall–Kier alpha value is -2.65. The van der Waals surface area contributed by atoms with Gasteiger partial charge in [-0.3, -0.25) is 9.36 Å². The lowest BCUT2D eigenvalue weighted by atomic mass is 10.3. The number of aromatic nitrogens is 5. The Morgan fingerprint density at radius 3 is 3.08 bits per heavy atom. The third kappa shape index (κ3) is 3.03. The van der Waals surface area contributed by atoms with Gasteiger partial charge in [0.05, 0.1) is 24.1 Å². The minimum atomic E-state index is -0.109. The van der Waals surface area contributed by atoms with Crippen LogP contribution in [0, 0.1) is 0 Å². The third-order valence-corrected chi connectivity index (χ3v) is 5.42. The Bertz CT molecular complexity index is 1090. The highest BCUT2D eigenvalue weighted by Gasteiger charge is 2.12. The Morgan fingerprint density at radius 2 is 2.20 bits per heavy atom. The minimum Gasteiger partial charge on any atom is -0.495 e. The van der Waals surface area contributed by atoms with Crippen molar-refractivity contribution in [2.45, 2.75) is 10.9 Å². The molecule has 0 amide bonds. The number of aromatic amines is 1. The first-order chi connectivity index (χ1) is 12.3. The molecule has 7 nitrogen and oxygen atoms in total. The fourth-order valence-corrected chi connectivity index (χ4v) is 3.96. The van der Waals surface area contributed by atoms with Crippen LogP contribution < -0.4 is 10.3 Å². The zero-order valence-electron chi connectivity index (χ0n) is 13.2. The summed E-state index contributed by atoms with van der Waals surface area (Å²) in [6.07, 6.45) is 1.64. The van der Waals surface area contributed by atoms with Crippen molar-refractivity contribution in [1.82, 2.24) is 24.7 Å². The molecule has 9 heteroatoms. The van der Waals surface area contributed by atoms with Gasteiger partial charge in [0, 0.05) is 0 Å². The Kier molecular flexibility index (Phi) is 4.24. The number of hydrogen-bond acceptors (Lipinski definition) is 7. The molecule has 0 saturated carbocycles. The first kappa shape index (κ1) is 15.9. The van der Waals surface area contributed by atoms with Crippen LogP contribution in [0.15, 0.2) is 52.0 Å². The van der Waals surface area contributed by atoms with E-state index in [-0.39, 0.29) is 5.56 Å². The second-order valence-electron chi connectivity index (χ2n) is 5.09. The molecule has 0 atom stereocenters. The molecule has 0 aliphatic rings. The largest absolute Gasteiger partial charge is 0.495 e. The second kappa shape index (κ2) is 6.69. The summed E-state index contributed by atoms with van der Waals surface area (Å²) in [5.74, 6) is 1.82. The number of thiophene rings is 1. The number of nitrogens with zero attached hydrogens (tertiary/aromatic N) is 4. The van der Waals surface area contributed by atoms with Gasteiger partial charge >= 0.3 is 0 Å². The molecule has 3 heterocycles. The van der Waals surface area contributed by atoms with Crippen LogP contribution >= 0.6 is 23.1 Å². The average molecular weight is 371 g/mol. The zero-order valence-corrected chi connectivity index (χ0v) is 14.8. The van der Waals surface area contributed by atoms with Crippen LogP contribution in [0.3, 0.4) is 0 Å². The van der Waals surface area contributed by atoms with Gasteiger partial charge in [-0.05, 0) is 23.6 Å². The minimum absolute atomic E-state index is 0.109. The van der Waals surface area contributed by atoms with Gasteiger partial charge in [0.1, 0.15) is 22.6 Å². The topological polar surface area (TPSA) is 85.7 Å². The van der Waals surface area contributed by atoms with Crippen LogP contribution in [0.4, 0.5) is 0 Å². The summed E-state index contributed by atoms with van der Waals surface area (Å²) in [7, 11) is 1.63. The highest BCUT2D eigenvalue weighted by atomic mass is 32.2. The monoisotopic (exact) mass is 371 g/mol. The molecule has 0 radical (unpaired) electrons. The van der Waals surface area contributed by atoms with Crippen molar-refractivity contribution in [3.8, 4) is 11.4 Å². The van der Waals surface area contributed by atoms with Crippen molar-refractivity contribution < 1.29 is 4.74 Å². The van der Waals surface area contributed by atoms with Crippen LogP contribution in [-0.4, -0.2) is 31.8 Å². The lowest BCUT2D eigenvalue weighted by Crippen LogP contribution is -2.09. The van der Waals surface area contributed by atoms with Gasteiger partial charge in [0.15, 0.2) is 5.16 Å². The molecule has 1 N–H and O–H groups in total. The summed E-state index contributed by atoms with van der Waals surface area (Å²) in [6, 6.07) is 9.50. The van der Waals surface area contributed by atoms with Gasteiger partial charge < -0.3 is 9.72 Å². The van der Waals surface area contributed by atoms with Gasteiger partial charge in [0.2, 0.25) is 0 Å². The Morgan fingerprint density at radius 1 is 1.32 bits per heavy atom. The van der Waals surface area contributed by atoms with Crippen LogP contribution in [0.1, 0.15) is 5.82 Å². The Labute approximate surface area is 150 Å². The molecule has 1 aromatic carbocycles. The zero-order chi connectivity index (χ0) is 17.2. The first-order valence-electron chi connectivity index (χ1n) is 7.39. The van der Waals surface area contributed by atoms with E-state index in [1.165, 1.54) is 23.1 Å². The van der Waals surface area contributed by atoms with Crippen LogP contribution in [-0.2, 0) is 5.75 Å². The van der Waals surface area contributed by atoms with Crippen LogP contribution in [0.2, 0.25) is 0 Å². The number of methoxy groups -OCH3 is 1. The lowest BCUT2D eigenvalue weighted by Gasteiger charge is -2.10. The van der Waals surface area contributed by atoms with E-state index in [1.54, 1.807) is 13.4 Å². The van der Waals surface area contributed by atoms with E-state index in [4.69, 9.17) is 4.74 Å². The number of ether oxygens (including phenoxy) is 1. The number of nitrogens with one attached hydrogen (secondary N) is 1. The van der Waals surface area contributed by atoms with Crippen molar-refractivity contribution in [1.29, 1.82) is 0 Å². The third-order valence-electron chi connectivity index (χ3n) is 3.56. The molecule has 4 aromatic rings. The number of fused-ring (bicyclic) bond motifs is 1. The van der Waals surface area contributed by atoms with E-state index < -0.39 is 0 Å². The van der Waals surface area contributed by atoms with Crippen molar-refractivity contribution in [3.63, 3.8) is 0 Å². The SMILES string of the molecule is COc1ccccc1-n1cnnc1SCc1nc2ccsc2c(=O)[nH]1. The van der Waals surface area contributed by atoms with Gasteiger partial charge in [0.25, 0.3) is 5.56 Å². The van der Waals surface area contributed by atoms with E-state index in [2.05, 4.69) is 20.2 Å². The quantitative estimate of drug-likeness (QED) is 0.543. The maximum absolute atomic E-state index is 12.0. The summed E-state index contributed by atoms with van der Waals surface area (Å²) in [4.78, 5) is 19.4. The Balaban J connectivity index is 1.62. The number of rotatable bonds is 5. The predicted molar refractivity (Wildman–Crippen MR) is 97.7 cm³/mol. The maximum atomic E-state index is 12.0. The van der Waals surface area contributed by atoms with E-state index >= 15 is 0 Å². The molecule has 0 bridgehead atoms. The highest BCUT2D eigenvalue weighted by molar-refractivity contribution is 7.98. The van der Waals surface area contributed by atoms with Gasteiger partial charge in [-0.25, -0.2) is 4.98 Å². The number of para-hydroxylation sites is 2. The fraction of sp³-hybridized carbons (Fsp3) is 0.125. The number of hydrogen-bond donors (Lipinski definition) is 1. The normalized spacial score (nSPS) is 11.1. The fourth-order valence-electron chi connectivity index (χ4n) is 2.44.